The molecule has 4 rings (SSSR count). The maximum absolute atomic E-state index is 13.1. The SMILES string of the molecule is COc1cccc(-c2nn(-c3ccc(C)cc3)cc2C(=O)Nc2cc(C)ccn2)c1. The lowest BCUT2D eigenvalue weighted by Crippen LogP contribution is -2.13. The summed E-state index contributed by atoms with van der Waals surface area (Å²) in [4.78, 5) is 17.4. The van der Waals surface area contributed by atoms with Gasteiger partial charge in [0.15, 0.2) is 0 Å². The summed E-state index contributed by atoms with van der Waals surface area (Å²) in [6.07, 6.45) is 3.41. The van der Waals surface area contributed by atoms with E-state index >= 15 is 0 Å². The largest absolute Gasteiger partial charge is 0.497 e. The van der Waals surface area contributed by atoms with Gasteiger partial charge in [0.05, 0.1) is 18.4 Å². The molecule has 2 aromatic carbocycles. The highest BCUT2D eigenvalue weighted by atomic mass is 16.5. The zero-order valence-corrected chi connectivity index (χ0v) is 17.1. The number of pyridine rings is 1. The van der Waals surface area contributed by atoms with Crippen LogP contribution in [0.25, 0.3) is 16.9 Å². The Morgan fingerprint density at radius 3 is 2.53 bits per heavy atom. The van der Waals surface area contributed by atoms with E-state index in [1.165, 1.54) is 0 Å². The molecular weight excluding hydrogens is 376 g/mol. The van der Waals surface area contributed by atoms with Gasteiger partial charge >= 0.3 is 0 Å². The van der Waals surface area contributed by atoms with E-state index in [1.54, 1.807) is 24.2 Å². The monoisotopic (exact) mass is 398 g/mol. The van der Waals surface area contributed by atoms with Crippen molar-refractivity contribution in [3.8, 4) is 22.7 Å². The molecule has 150 valence electrons. The number of hydrogen-bond donors (Lipinski definition) is 1. The highest BCUT2D eigenvalue weighted by Crippen LogP contribution is 2.27. The predicted octanol–water partition coefficient (Wildman–Crippen LogP) is 4.81. The third kappa shape index (κ3) is 4.07. The number of carbonyl (C=O) groups excluding carboxylic acids is 1. The minimum absolute atomic E-state index is 0.274. The summed E-state index contributed by atoms with van der Waals surface area (Å²) in [5.41, 5.74) is 4.86. The first-order valence-corrected chi connectivity index (χ1v) is 9.58. The summed E-state index contributed by atoms with van der Waals surface area (Å²) in [5, 5.41) is 7.59. The number of hydrogen-bond acceptors (Lipinski definition) is 4. The predicted molar refractivity (Wildman–Crippen MR) is 117 cm³/mol. The van der Waals surface area contributed by atoms with Crippen LogP contribution < -0.4 is 10.1 Å². The van der Waals surface area contributed by atoms with Crippen LogP contribution in [0.2, 0.25) is 0 Å². The molecule has 0 unspecified atom stereocenters. The number of aryl methyl sites for hydroxylation is 2. The van der Waals surface area contributed by atoms with E-state index in [0.29, 0.717) is 22.8 Å². The van der Waals surface area contributed by atoms with Gasteiger partial charge < -0.3 is 10.1 Å². The van der Waals surface area contributed by atoms with Crippen molar-refractivity contribution in [3.63, 3.8) is 0 Å². The second-order valence-corrected chi connectivity index (χ2v) is 7.08. The Balaban J connectivity index is 1.78. The van der Waals surface area contributed by atoms with E-state index in [1.807, 2.05) is 74.5 Å². The highest BCUT2D eigenvalue weighted by molar-refractivity contribution is 6.07. The number of rotatable bonds is 5. The summed E-state index contributed by atoms with van der Waals surface area (Å²) in [6.45, 7) is 3.98. The van der Waals surface area contributed by atoms with E-state index < -0.39 is 0 Å². The second kappa shape index (κ2) is 8.21. The maximum Gasteiger partial charge on any atom is 0.260 e. The topological polar surface area (TPSA) is 69.0 Å². The van der Waals surface area contributed by atoms with Crippen molar-refractivity contribution in [1.29, 1.82) is 0 Å². The minimum Gasteiger partial charge on any atom is -0.497 e. The first kappa shape index (κ1) is 19.4. The lowest BCUT2D eigenvalue weighted by atomic mass is 10.1. The first-order chi connectivity index (χ1) is 14.5. The van der Waals surface area contributed by atoms with Crippen LogP contribution in [0.4, 0.5) is 5.82 Å². The van der Waals surface area contributed by atoms with Crippen molar-refractivity contribution in [2.75, 3.05) is 12.4 Å². The third-order valence-corrected chi connectivity index (χ3v) is 4.76. The van der Waals surface area contributed by atoms with Gasteiger partial charge in [0.1, 0.15) is 17.3 Å². The first-order valence-electron chi connectivity index (χ1n) is 9.58. The Bertz CT molecular complexity index is 1200. The summed E-state index contributed by atoms with van der Waals surface area (Å²) < 4.78 is 7.06. The van der Waals surface area contributed by atoms with Gasteiger partial charge in [-0.1, -0.05) is 29.8 Å². The van der Waals surface area contributed by atoms with E-state index in [4.69, 9.17) is 9.84 Å². The molecular formula is C24H22N4O2. The lowest BCUT2D eigenvalue weighted by molar-refractivity contribution is 0.102. The molecule has 0 spiro atoms. The molecule has 0 saturated carbocycles. The molecule has 6 heteroatoms. The Morgan fingerprint density at radius 2 is 1.80 bits per heavy atom. The third-order valence-electron chi connectivity index (χ3n) is 4.76. The van der Waals surface area contributed by atoms with E-state index in [-0.39, 0.29) is 5.91 Å². The fourth-order valence-electron chi connectivity index (χ4n) is 3.14. The Hall–Kier alpha value is -3.93. The molecule has 30 heavy (non-hydrogen) atoms. The maximum atomic E-state index is 13.1. The van der Waals surface area contributed by atoms with Crippen LogP contribution in [0.1, 0.15) is 21.5 Å². The van der Waals surface area contributed by atoms with Crippen molar-refractivity contribution in [2.24, 2.45) is 0 Å². The van der Waals surface area contributed by atoms with Crippen molar-refractivity contribution in [2.45, 2.75) is 13.8 Å². The van der Waals surface area contributed by atoms with Gasteiger partial charge in [-0.05, 0) is 55.8 Å². The molecule has 2 aromatic heterocycles. The second-order valence-electron chi connectivity index (χ2n) is 7.08. The molecule has 0 radical (unpaired) electrons. The van der Waals surface area contributed by atoms with Gasteiger partial charge in [0.25, 0.3) is 5.91 Å². The van der Waals surface area contributed by atoms with Crippen molar-refractivity contribution in [3.05, 3.63) is 89.7 Å². The van der Waals surface area contributed by atoms with E-state index in [2.05, 4.69) is 10.3 Å². The van der Waals surface area contributed by atoms with Gasteiger partial charge in [-0.2, -0.15) is 5.10 Å². The fourth-order valence-corrected chi connectivity index (χ4v) is 3.14. The standard InChI is InChI=1S/C24H22N4O2/c1-16-7-9-19(10-8-16)28-15-21(24(29)26-22-13-17(2)11-12-25-22)23(27-28)18-5-4-6-20(14-18)30-3/h4-15H,1-3H3,(H,25,26,29). The zero-order valence-electron chi connectivity index (χ0n) is 17.1. The number of nitrogens with zero attached hydrogens (tertiary/aromatic N) is 3. The number of ether oxygens (including phenoxy) is 1. The normalized spacial score (nSPS) is 10.6. The van der Waals surface area contributed by atoms with Crippen molar-refractivity contribution < 1.29 is 9.53 Å². The molecule has 0 fully saturated rings. The van der Waals surface area contributed by atoms with Gasteiger partial charge in [-0.3, -0.25) is 4.79 Å². The average molecular weight is 398 g/mol. The molecule has 0 atom stereocenters. The van der Waals surface area contributed by atoms with Crippen LogP contribution in [0, 0.1) is 13.8 Å². The Kier molecular flexibility index (Phi) is 5.30. The summed E-state index contributed by atoms with van der Waals surface area (Å²) >= 11 is 0. The molecule has 0 saturated heterocycles. The van der Waals surface area contributed by atoms with Gasteiger partial charge in [-0.25, -0.2) is 9.67 Å². The number of nitrogens with one attached hydrogen (secondary N) is 1. The molecule has 2 heterocycles. The van der Waals surface area contributed by atoms with Gasteiger partial charge in [0.2, 0.25) is 0 Å². The molecule has 0 aliphatic carbocycles. The molecule has 1 amide bonds. The van der Waals surface area contributed by atoms with Crippen LogP contribution in [-0.4, -0.2) is 27.8 Å². The molecule has 6 nitrogen and oxygen atoms in total. The molecule has 4 aromatic rings. The molecule has 0 bridgehead atoms. The Morgan fingerprint density at radius 1 is 1.00 bits per heavy atom. The lowest BCUT2D eigenvalue weighted by Gasteiger charge is -2.06. The van der Waals surface area contributed by atoms with Crippen LogP contribution >= 0.6 is 0 Å². The fraction of sp³-hybridized carbons (Fsp3) is 0.125. The molecule has 0 aliphatic heterocycles. The number of benzene rings is 2. The van der Waals surface area contributed by atoms with Gasteiger partial charge in [0, 0.05) is 18.0 Å². The summed E-state index contributed by atoms with van der Waals surface area (Å²) in [5.74, 6) is 0.924. The molecule has 0 aliphatic rings. The number of methoxy groups -OCH3 is 1. The number of amides is 1. The average Bonchev–Trinajstić information content (AvgIpc) is 3.20. The van der Waals surface area contributed by atoms with Crippen molar-refractivity contribution in [1.82, 2.24) is 14.8 Å². The molecule has 1 N–H and O–H groups in total. The Labute approximate surface area is 175 Å². The van der Waals surface area contributed by atoms with Crippen LogP contribution in [0.5, 0.6) is 5.75 Å². The smallest absolute Gasteiger partial charge is 0.260 e. The number of carbonyl (C=O) groups is 1. The number of aromatic nitrogens is 3. The van der Waals surface area contributed by atoms with Crippen LogP contribution in [0.15, 0.2) is 73.1 Å². The number of anilines is 1. The quantitative estimate of drug-likeness (QED) is 0.524. The summed E-state index contributed by atoms with van der Waals surface area (Å²) in [6, 6.07) is 19.2. The zero-order chi connectivity index (χ0) is 21.1. The van der Waals surface area contributed by atoms with Crippen LogP contribution in [-0.2, 0) is 0 Å². The van der Waals surface area contributed by atoms with Gasteiger partial charge in [-0.15, -0.1) is 0 Å². The minimum atomic E-state index is -0.274. The highest BCUT2D eigenvalue weighted by Gasteiger charge is 2.19. The van der Waals surface area contributed by atoms with Crippen LogP contribution in [0.3, 0.4) is 0 Å². The van der Waals surface area contributed by atoms with E-state index in [0.717, 1.165) is 22.4 Å². The summed E-state index contributed by atoms with van der Waals surface area (Å²) in [7, 11) is 1.61. The van der Waals surface area contributed by atoms with E-state index in [9.17, 15) is 4.79 Å². The van der Waals surface area contributed by atoms with Crippen molar-refractivity contribution >= 4 is 11.7 Å².